The zero-order valence-corrected chi connectivity index (χ0v) is 11.5. The maximum absolute atomic E-state index is 5.68. The van der Waals surface area contributed by atoms with Crippen molar-refractivity contribution < 1.29 is 4.74 Å². The number of nitrogens with one attached hydrogen (secondary N) is 1. The lowest BCUT2D eigenvalue weighted by Crippen LogP contribution is -2.19. The number of hydrogen-bond donors (Lipinski definition) is 1. The first kappa shape index (κ1) is 12.9. The molecule has 5 nitrogen and oxygen atoms in total. The van der Waals surface area contributed by atoms with Crippen molar-refractivity contribution in [2.45, 2.75) is 13.2 Å². The van der Waals surface area contributed by atoms with Crippen LogP contribution in [0.3, 0.4) is 0 Å². The van der Waals surface area contributed by atoms with E-state index < -0.39 is 0 Å². The lowest BCUT2D eigenvalue weighted by atomic mass is 10.1. The van der Waals surface area contributed by atoms with Gasteiger partial charge in [0.2, 0.25) is 0 Å². The minimum atomic E-state index is 0.527. The maximum atomic E-state index is 5.68. The molecule has 1 aromatic heterocycles. The number of amidine groups is 1. The zero-order chi connectivity index (χ0) is 13.8. The highest BCUT2D eigenvalue weighted by molar-refractivity contribution is 5.99. The van der Waals surface area contributed by atoms with Crippen LogP contribution >= 0.6 is 0 Å². The van der Waals surface area contributed by atoms with E-state index in [0.717, 1.165) is 35.9 Å². The van der Waals surface area contributed by atoms with Gasteiger partial charge in [0.1, 0.15) is 18.3 Å². The van der Waals surface area contributed by atoms with Crippen LogP contribution in [0.15, 0.2) is 41.7 Å². The van der Waals surface area contributed by atoms with Gasteiger partial charge in [-0.3, -0.25) is 4.99 Å². The van der Waals surface area contributed by atoms with Gasteiger partial charge < -0.3 is 14.6 Å². The van der Waals surface area contributed by atoms with Crippen LogP contribution in [0, 0.1) is 0 Å². The third-order valence-corrected chi connectivity index (χ3v) is 3.32. The molecule has 2 heterocycles. The fourth-order valence-electron chi connectivity index (χ4n) is 2.15. The standard InChI is InChI=1S/C15H18N4O/c1-19-9-8-16-14(19)11-20-10-12-2-4-13(5-3-12)15-17-6-7-18-15/h2-5,8-9H,6-7,10-11H2,1H3,(H,17,18). The normalized spacial score (nSPS) is 14.2. The van der Waals surface area contributed by atoms with Gasteiger partial charge in [-0.05, 0) is 5.56 Å². The summed E-state index contributed by atoms with van der Waals surface area (Å²) >= 11 is 0. The Morgan fingerprint density at radius 2 is 2.10 bits per heavy atom. The molecule has 1 N–H and O–H groups in total. The summed E-state index contributed by atoms with van der Waals surface area (Å²) in [6.07, 6.45) is 3.70. The second-order valence-corrected chi connectivity index (χ2v) is 4.80. The number of aryl methyl sites for hydroxylation is 1. The molecule has 0 aliphatic carbocycles. The predicted molar refractivity (Wildman–Crippen MR) is 77.5 cm³/mol. The molecular formula is C15H18N4O. The first-order chi connectivity index (χ1) is 9.83. The highest BCUT2D eigenvalue weighted by atomic mass is 16.5. The summed E-state index contributed by atoms with van der Waals surface area (Å²) in [6, 6.07) is 8.32. The summed E-state index contributed by atoms with van der Waals surface area (Å²) in [6.45, 7) is 2.92. The molecule has 0 fully saturated rings. The molecule has 1 aromatic carbocycles. The topological polar surface area (TPSA) is 51.4 Å². The fraction of sp³-hybridized carbons (Fsp3) is 0.333. The number of aliphatic imine (C=N–C) groups is 1. The molecule has 0 saturated carbocycles. The van der Waals surface area contributed by atoms with Crippen LogP contribution in [-0.2, 0) is 25.0 Å². The molecule has 0 atom stereocenters. The summed E-state index contributed by atoms with van der Waals surface area (Å²) in [5.41, 5.74) is 2.29. The zero-order valence-electron chi connectivity index (χ0n) is 11.5. The Kier molecular flexibility index (Phi) is 3.78. The van der Waals surface area contributed by atoms with Crippen molar-refractivity contribution in [3.8, 4) is 0 Å². The Labute approximate surface area is 118 Å². The van der Waals surface area contributed by atoms with Gasteiger partial charge in [-0.25, -0.2) is 4.98 Å². The number of nitrogens with zero attached hydrogens (tertiary/aromatic N) is 3. The van der Waals surface area contributed by atoms with Crippen molar-refractivity contribution in [3.05, 3.63) is 53.6 Å². The van der Waals surface area contributed by atoms with Crippen LogP contribution in [0.1, 0.15) is 17.0 Å². The Morgan fingerprint density at radius 3 is 2.75 bits per heavy atom. The number of rotatable bonds is 5. The van der Waals surface area contributed by atoms with E-state index in [1.807, 2.05) is 17.8 Å². The maximum Gasteiger partial charge on any atom is 0.134 e. The molecule has 1 aliphatic heterocycles. The summed E-state index contributed by atoms with van der Waals surface area (Å²) in [5, 5.41) is 3.27. The van der Waals surface area contributed by atoms with Gasteiger partial charge in [-0.1, -0.05) is 24.3 Å². The van der Waals surface area contributed by atoms with Crippen molar-refractivity contribution in [1.29, 1.82) is 0 Å². The van der Waals surface area contributed by atoms with E-state index in [1.54, 1.807) is 6.20 Å². The van der Waals surface area contributed by atoms with Crippen molar-refractivity contribution in [1.82, 2.24) is 14.9 Å². The van der Waals surface area contributed by atoms with E-state index in [0.29, 0.717) is 13.2 Å². The molecule has 0 unspecified atom stereocenters. The van der Waals surface area contributed by atoms with E-state index >= 15 is 0 Å². The van der Waals surface area contributed by atoms with Gasteiger partial charge in [0.05, 0.1) is 13.2 Å². The highest BCUT2D eigenvalue weighted by Crippen LogP contribution is 2.09. The fourth-order valence-corrected chi connectivity index (χ4v) is 2.15. The first-order valence-corrected chi connectivity index (χ1v) is 6.74. The van der Waals surface area contributed by atoms with Gasteiger partial charge in [0.15, 0.2) is 0 Å². The monoisotopic (exact) mass is 270 g/mol. The minimum Gasteiger partial charge on any atom is -0.369 e. The molecule has 0 radical (unpaired) electrons. The number of benzene rings is 1. The Hall–Kier alpha value is -2.14. The second-order valence-electron chi connectivity index (χ2n) is 4.80. The minimum absolute atomic E-state index is 0.527. The number of aromatic nitrogens is 2. The lowest BCUT2D eigenvalue weighted by Gasteiger charge is -2.06. The Morgan fingerprint density at radius 1 is 1.25 bits per heavy atom. The summed E-state index contributed by atoms with van der Waals surface area (Å²) in [4.78, 5) is 8.63. The van der Waals surface area contributed by atoms with Crippen LogP contribution in [0.25, 0.3) is 0 Å². The van der Waals surface area contributed by atoms with Crippen LogP contribution in [0.2, 0.25) is 0 Å². The molecule has 20 heavy (non-hydrogen) atoms. The molecular weight excluding hydrogens is 252 g/mol. The molecule has 0 saturated heterocycles. The molecule has 1 aliphatic rings. The molecule has 3 rings (SSSR count). The lowest BCUT2D eigenvalue weighted by molar-refractivity contribution is 0.1000. The first-order valence-electron chi connectivity index (χ1n) is 6.74. The second kappa shape index (κ2) is 5.88. The average molecular weight is 270 g/mol. The van der Waals surface area contributed by atoms with Crippen LogP contribution < -0.4 is 5.32 Å². The van der Waals surface area contributed by atoms with Crippen molar-refractivity contribution in [3.63, 3.8) is 0 Å². The molecule has 2 aromatic rings. The van der Waals surface area contributed by atoms with Crippen LogP contribution in [-0.4, -0.2) is 28.5 Å². The molecule has 5 heteroatoms. The smallest absolute Gasteiger partial charge is 0.134 e. The van der Waals surface area contributed by atoms with Gasteiger partial charge in [0, 0.05) is 31.5 Å². The molecule has 0 bridgehead atoms. The van der Waals surface area contributed by atoms with E-state index in [1.165, 1.54) is 0 Å². The Balaban J connectivity index is 1.54. The van der Waals surface area contributed by atoms with Gasteiger partial charge in [-0.15, -0.1) is 0 Å². The van der Waals surface area contributed by atoms with Gasteiger partial charge in [0.25, 0.3) is 0 Å². The van der Waals surface area contributed by atoms with E-state index in [9.17, 15) is 0 Å². The van der Waals surface area contributed by atoms with Gasteiger partial charge >= 0.3 is 0 Å². The van der Waals surface area contributed by atoms with Crippen molar-refractivity contribution in [2.75, 3.05) is 13.1 Å². The highest BCUT2D eigenvalue weighted by Gasteiger charge is 2.07. The third kappa shape index (κ3) is 2.88. The van der Waals surface area contributed by atoms with Crippen LogP contribution in [0.4, 0.5) is 0 Å². The summed E-state index contributed by atoms with van der Waals surface area (Å²) in [7, 11) is 1.97. The number of imidazole rings is 1. The van der Waals surface area contributed by atoms with E-state index in [-0.39, 0.29) is 0 Å². The largest absolute Gasteiger partial charge is 0.369 e. The van der Waals surface area contributed by atoms with Crippen molar-refractivity contribution in [2.24, 2.45) is 12.0 Å². The summed E-state index contributed by atoms with van der Waals surface area (Å²) < 4.78 is 7.65. The quantitative estimate of drug-likeness (QED) is 0.895. The number of hydrogen-bond acceptors (Lipinski definition) is 4. The molecule has 0 amide bonds. The molecule has 0 spiro atoms. The number of ether oxygens (including phenoxy) is 1. The average Bonchev–Trinajstić information content (AvgIpc) is 3.12. The van der Waals surface area contributed by atoms with E-state index in [2.05, 4.69) is 39.6 Å². The Bertz CT molecular complexity index is 601. The van der Waals surface area contributed by atoms with Gasteiger partial charge in [-0.2, -0.15) is 0 Å². The summed E-state index contributed by atoms with van der Waals surface area (Å²) in [5.74, 6) is 1.93. The van der Waals surface area contributed by atoms with Crippen molar-refractivity contribution >= 4 is 5.84 Å². The SMILES string of the molecule is Cn1ccnc1COCc1ccc(C2=NCCN2)cc1. The van der Waals surface area contributed by atoms with E-state index in [4.69, 9.17) is 4.74 Å². The molecule has 104 valence electrons. The third-order valence-electron chi connectivity index (χ3n) is 3.32. The predicted octanol–water partition coefficient (Wildman–Crippen LogP) is 1.49. The van der Waals surface area contributed by atoms with Crippen LogP contribution in [0.5, 0.6) is 0 Å².